The molecule has 3 aromatic carbocycles. The van der Waals surface area contributed by atoms with Crippen LogP contribution in [0.4, 0.5) is 11.4 Å². The third-order valence-corrected chi connectivity index (χ3v) is 8.83. The molecule has 0 bridgehead atoms. The van der Waals surface area contributed by atoms with Crippen LogP contribution in [0.3, 0.4) is 0 Å². The molecular weight excluding hydrogens is 660 g/mol. The fourth-order valence-electron chi connectivity index (χ4n) is 5.47. The van der Waals surface area contributed by atoms with Gasteiger partial charge in [0.05, 0.1) is 41.8 Å². The van der Waals surface area contributed by atoms with Gasteiger partial charge in [-0.25, -0.2) is 4.98 Å². The molecule has 1 amide bonds. The highest BCUT2D eigenvalue weighted by atomic mass is 35.5. The molecule has 1 N–H and O–H groups in total. The lowest BCUT2D eigenvalue weighted by Gasteiger charge is -2.35. The van der Waals surface area contributed by atoms with Gasteiger partial charge in [0.15, 0.2) is 0 Å². The fourth-order valence-corrected chi connectivity index (χ4v) is 6.47. The molecule has 2 aliphatic rings. The minimum Gasteiger partial charge on any atom is -0.491 e. The lowest BCUT2D eigenvalue weighted by Crippen LogP contribution is -2.48. The van der Waals surface area contributed by atoms with E-state index in [-0.39, 0.29) is 12.0 Å². The predicted molar refractivity (Wildman–Crippen MR) is 177 cm³/mol. The van der Waals surface area contributed by atoms with Crippen LogP contribution in [0.1, 0.15) is 5.56 Å². The topological polar surface area (TPSA) is 81.1 Å². The summed E-state index contributed by atoms with van der Waals surface area (Å²) < 4.78 is 20.7. The van der Waals surface area contributed by atoms with Crippen molar-refractivity contribution in [2.24, 2.45) is 0 Å². The molecule has 2 aliphatic heterocycles. The van der Waals surface area contributed by atoms with Gasteiger partial charge in [0.25, 0.3) is 0 Å². The second-order valence-corrected chi connectivity index (χ2v) is 12.6. The number of ether oxygens (including phenoxy) is 3. The summed E-state index contributed by atoms with van der Waals surface area (Å²) in [5.41, 5.74) is 2.34. The highest BCUT2D eigenvalue weighted by Gasteiger charge is 2.45. The molecule has 45 heavy (non-hydrogen) atoms. The van der Waals surface area contributed by atoms with Gasteiger partial charge in [-0.05, 0) is 54.6 Å². The van der Waals surface area contributed by atoms with E-state index in [0.29, 0.717) is 57.6 Å². The minimum absolute atomic E-state index is 0.110. The first-order chi connectivity index (χ1) is 21.8. The summed E-state index contributed by atoms with van der Waals surface area (Å²) in [7, 11) is 0. The zero-order valence-corrected chi connectivity index (χ0v) is 27.2. The van der Waals surface area contributed by atoms with E-state index in [2.05, 4.69) is 20.1 Å². The lowest BCUT2D eigenvalue weighted by atomic mass is 10.1. The number of anilines is 2. The summed E-state index contributed by atoms with van der Waals surface area (Å²) >= 11 is 24.9. The van der Waals surface area contributed by atoms with E-state index in [1.165, 1.54) is 0 Å². The fraction of sp³-hybridized carbons (Fsp3) is 0.312. The van der Waals surface area contributed by atoms with Gasteiger partial charge in [0.1, 0.15) is 18.5 Å². The minimum atomic E-state index is -1.11. The Morgan fingerprint density at radius 1 is 0.956 bits per heavy atom. The van der Waals surface area contributed by atoms with E-state index in [1.807, 2.05) is 41.1 Å². The highest BCUT2D eigenvalue weighted by molar-refractivity contribution is 6.36. The average Bonchev–Trinajstić information content (AvgIpc) is 3.69. The maximum atomic E-state index is 12.6. The molecule has 0 spiro atoms. The van der Waals surface area contributed by atoms with Crippen molar-refractivity contribution in [3.63, 3.8) is 0 Å². The van der Waals surface area contributed by atoms with Gasteiger partial charge in [0.2, 0.25) is 11.7 Å². The summed E-state index contributed by atoms with van der Waals surface area (Å²) in [6.07, 6.45) is 4.94. The van der Waals surface area contributed by atoms with Gasteiger partial charge >= 0.3 is 0 Å². The van der Waals surface area contributed by atoms with Crippen molar-refractivity contribution >= 4 is 63.7 Å². The molecular formula is C32H31Cl4N5O4. The van der Waals surface area contributed by atoms with Crippen molar-refractivity contribution in [2.45, 2.75) is 18.4 Å². The predicted octanol–water partition coefficient (Wildman–Crippen LogP) is 6.60. The van der Waals surface area contributed by atoms with E-state index >= 15 is 0 Å². The first-order valence-electron chi connectivity index (χ1n) is 14.4. The number of benzene rings is 3. The molecule has 4 aromatic rings. The van der Waals surface area contributed by atoms with Gasteiger partial charge in [-0.3, -0.25) is 9.69 Å². The number of hydrogen-bond acceptors (Lipinski definition) is 7. The number of imidazole rings is 1. The largest absolute Gasteiger partial charge is 0.491 e. The van der Waals surface area contributed by atoms with E-state index < -0.39 is 5.79 Å². The molecule has 0 radical (unpaired) electrons. The highest BCUT2D eigenvalue weighted by Crippen LogP contribution is 2.40. The summed E-state index contributed by atoms with van der Waals surface area (Å²) in [5.74, 6) is -0.484. The normalized spacial score (nSPS) is 20.4. The number of hydrogen-bond donors (Lipinski definition) is 1. The molecule has 3 heterocycles. The number of amides is 1. The van der Waals surface area contributed by atoms with E-state index in [1.54, 1.807) is 42.9 Å². The van der Waals surface area contributed by atoms with E-state index in [9.17, 15) is 4.79 Å². The van der Waals surface area contributed by atoms with Crippen LogP contribution in [0.2, 0.25) is 20.1 Å². The van der Waals surface area contributed by atoms with Gasteiger partial charge in [0, 0.05) is 59.9 Å². The van der Waals surface area contributed by atoms with E-state index in [4.69, 9.17) is 60.6 Å². The van der Waals surface area contributed by atoms with Crippen molar-refractivity contribution in [1.29, 1.82) is 0 Å². The molecule has 1 aromatic heterocycles. The Kier molecular flexibility index (Phi) is 10.1. The Bertz CT molecular complexity index is 1620. The van der Waals surface area contributed by atoms with E-state index in [0.717, 1.165) is 37.6 Å². The number of aromatic nitrogens is 2. The van der Waals surface area contributed by atoms with Crippen molar-refractivity contribution < 1.29 is 19.0 Å². The molecule has 9 nitrogen and oxygen atoms in total. The first-order valence-corrected chi connectivity index (χ1v) is 16.0. The SMILES string of the molecule is O=C(CN1CCN(c2ccc(OCC3COC(Cn4ccnc4)(c4ccc(Cl)cc4Cl)O3)cc2)CC1)Nc1ccc(Cl)cc1Cl. The molecule has 6 rings (SSSR count). The van der Waals surface area contributed by atoms with Gasteiger partial charge in [-0.1, -0.05) is 52.5 Å². The summed E-state index contributed by atoms with van der Waals surface area (Å²) in [5, 5.41) is 4.80. The third-order valence-electron chi connectivity index (χ3n) is 7.73. The second kappa shape index (κ2) is 14.2. The van der Waals surface area contributed by atoms with Crippen LogP contribution < -0.4 is 15.0 Å². The quantitative estimate of drug-likeness (QED) is 0.201. The monoisotopic (exact) mass is 689 g/mol. The first kappa shape index (κ1) is 31.9. The smallest absolute Gasteiger partial charge is 0.238 e. The van der Waals surface area contributed by atoms with Crippen molar-refractivity contribution in [1.82, 2.24) is 14.5 Å². The molecule has 0 aliphatic carbocycles. The van der Waals surface area contributed by atoms with Crippen LogP contribution in [0.15, 0.2) is 79.4 Å². The Labute approximate surface area is 281 Å². The average molecular weight is 691 g/mol. The Balaban J connectivity index is 0.993. The number of halogens is 4. The lowest BCUT2D eigenvalue weighted by molar-refractivity contribution is -0.189. The number of nitrogens with one attached hydrogen (secondary N) is 1. The van der Waals surface area contributed by atoms with Crippen LogP contribution in [0.5, 0.6) is 5.75 Å². The van der Waals surface area contributed by atoms with Crippen molar-refractivity contribution in [3.05, 3.63) is 105 Å². The third kappa shape index (κ3) is 7.86. The van der Waals surface area contributed by atoms with Gasteiger partial charge < -0.3 is 29.0 Å². The zero-order chi connectivity index (χ0) is 31.4. The summed E-state index contributed by atoms with van der Waals surface area (Å²) in [6.45, 7) is 4.42. The second-order valence-electron chi connectivity index (χ2n) is 10.9. The Morgan fingerprint density at radius 3 is 2.38 bits per heavy atom. The number of rotatable bonds is 10. The van der Waals surface area contributed by atoms with Crippen LogP contribution in [0, 0.1) is 0 Å². The van der Waals surface area contributed by atoms with Crippen LogP contribution in [0.25, 0.3) is 0 Å². The van der Waals surface area contributed by atoms with Gasteiger partial charge in [-0.2, -0.15) is 0 Å². The molecule has 2 saturated heterocycles. The van der Waals surface area contributed by atoms with Crippen LogP contribution in [-0.2, 0) is 26.6 Å². The van der Waals surface area contributed by atoms with Crippen molar-refractivity contribution in [2.75, 3.05) is 56.2 Å². The molecule has 13 heteroatoms. The van der Waals surface area contributed by atoms with Crippen LogP contribution in [-0.4, -0.2) is 72.4 Å². The number of piperazine rings is 1. The standard InChI is InChI=1S/C32H31Cl4N5O4/c33-22-1-7-27(28(35)15-22)32(20-40-10-9-37-21-40)44-19-26(45-32)18-43-25-5-3-24(4-6-25)41-13-11-39(12-14-41)17-31(42)38-30-8-2-23(34)16-29(30)36/h1-10,15-16,21,26H,11-14,17-20H2,(H,38,42). The number of carbonyl (C=O) groups is 1. The molecule has 236 valence electrons. The molecule has 0 saturated carbocycles. The molecule has 2 atom stereocenters. The molecule has 2 unspecified atom stereocenters. The number of nitrogens with zero attached hydrogens (tertiary/aromatic N) is 4. The zero-order valence-electron chi connectivity index (χ0n) is 24.2. The number of carbonyl (C=O) groups excluding carboxylic acids is 1. The van der Waals surface area contributed by atoms with Crippen molar-refractivity contribution in [3.8, 4) is 5.75 Å². The summed E-state index contributed by atoms with van der Waals surface area (Å²) in [6, 6.07) is 18.3. The maximum absolute atomic E-state index is 12.6. The Hall–Kier alpha value is -3.02. The molecule has 2 fully saturated rings. The van der Waals surface area contributed by atoms with Crippen LogP contribution >= 0.6 is 46.4 Å². The van der Waals surface area contributed by atoms with Gasteiger partial charge in [-0.15, -0.1) is 0 Å². The summed E-state index contributed by atoms with van der Waals surface area (Å²) in [4.78, 5) is 21.1. The maximum Gasteiger partial charge on any atom is 0.238 e. The Morgan fingerprint density at radius 2 is 1.69 bits per heavy atom.